The van der Waals surface area contributed by atoms with Crippen molar-refractivity contribution in [2.45, 2.75) is 0 Å². The van der Waals surface area contributed by atoms with E-state index in [-0.39, 0.29) is 17.6 Å². The summed E-state index contributed by atoms with van der Waals surface area (Å²) in [7, 11) is 0. The third-order valence-electron chi connectivity index (χ3n) is 1.75. The molecule has 4 N–H and O–H groups in total. The number of H-pyrrole nitrogens is 1. The summed E-state index contributed by atoms with van der Waals surface area (Å²) in [5.41, 5.74) is 5.92. The number of nitrogens with one attached hydrogen (secondary N) is 1. The quantitative estimate of drug-likeness (QED) is 0.629. The second-order valence-electron chi connectivity index (χ2n) is 2.84. The normalized spacial score (nSPS) is 10.9. The summed E-state index contributed by atoms with van der Waals surface area (Å²) in [5, 5.41) is 15.6. The number of rotatable bonds is 2. The predicted octanol–water partition coefficient (Wildman–Crippen LogP) is 0.843. The number of nitrogens with zero attached hydrogens (tertiary/aromatic N) is 3. The molecule has 0 saturated heterocycles. The Morgan fingerprint density at radius 2 is 2.20 bits per heavy atom. The maximum atomic E-state index is 9.43. The Bertz CT molecular complexity index is 491. The minimum Gasteiger partial charge on any atom is -0.507 e. The van der Waals surface area contributed by atoms with E-state index < -0.39 is 0 Å². The molecule has 1 heterocycles. The Hall–Kier alpha value is -2.37. The average Bonchev–Trinajstić information content (AvgIpc) is 2.63. The Morgan fingerprint density at radius 3 is 2.87 bits per heavy atom. The summed E-state index contributed by atoms with van der Waals surface area (Å²) in [6.07, 6.45) is 1.47. The third-order valence-corrected chi connectivity index (χ3v) is 1.75. The zero-order valence-corrected chi connectivity index (χ0v) is 7.75. The molecule has 6 heteroatoms. The zero-order valence-electron chi connectivity index (χ0n) is 7.75. The third kappa shape index (κ3) is 2.11. The van der Waals surface area contributed by atoms with Crippen LogP contribution in [-0.2, 0) is 0 Å². The molecule has 0 unspecified atom stereocenters. The molecule has 0 radical (unpaired) electrons. The van der Waals surface area contributed by atoms with Gasteiger partial charge in [0.05, 0.1) is 0 Å². The van der Waals surface area contributed by atoms with Gasteiger partial charge < -0.3 is 10.8 Å². The first-order valence-corrected chi connectivity index (χ1v) is 4.25. The Kier molecular flexibility index (Phi) is 2.32. The average molecular weight is 203 g/mol. The number of nitrogens with two attached hydrogens (primary N) is 1. The van der Waals surface area contributed by atoms with Crippen LogP contribution in [0.15, 0.2) is 29.3 Å². The molecule has 0 atom stereocenters. The number of anilines is 1. The fraction of sp³-hybridized carbons (Fsp3) is 0. The van der Waals surface area contributed by atoms with Crippen LogP contribution in [0.1, 0.15) is 5.56 Å². The molecule has 0 saturated carbocycles. The van der Waals surface area contributed by atoms with Gasteiger partial charge in [0, 0.05) is 11.8 Å². The summed E-state index contributed by atoms with van der Waals surface area (Å²) >= 11 is 0. The molecule has 6 nitrogen and oxygen atoms in total. The Labute approximate surface area is 85.5 Å². The van der Waals surface area contributed by atoms with Gasteiger partial charge in [-0.25, -0.2) is 10.1 Å². The van der Waals surface area contributed by atoms with Gasteiger partial charge in [-0.3, -0.25) is 0 Å². The summed E-state index contributed by atoms with van der Waals surface area (Å²) < 4.78 is 0. The van der Waals surface area contributed by atoms with E-state index in [4.69, 9.17) is 5.73 Å². The zero-order chi connectivity index (χ0) is 10.7. The van der Waals surface area contributed by atoms with Crippen molar-refractivity contribution in [1.82, 2.24) is 15.2 Å². The topological polar surface area (TPSA) is 100 Å². The Balaban J connectivity index is 2.22. The van der Waals surface area contributed by atoms with E-state index >= 15 is 0 Å². The molecule has 0 bridgehead atoms. The lowest BCUT2D eigenvalue weighted by molar-refractivity contribution is 0.474. The first-order chi connectivity index (χ1) is 7.25. The molecule has 0 aliphatic carbocycles. The maximum absolute atomic E-state index is 9.43. The first kappa shape index (κ1) is 9.20. The molecule has 0 spiro atoms. The second kappa shape index (κ2) is 3.79. The van der Waals surface area contributed by atoms with Crippen LogP contribution in [-0.4, -0.2) is 26.5 Å². The summed E-state index contributed by atoms with van der Waals surface area (Å²) in [6.45, 7) is 0. The molecule has 15 heavy (non-hydrogen) atoms. The number of para-hydroxylation sites is 1. The molecule has 1 aromatic heterocycles. The largest absolute Gasteiger partial charge is 0.507 e. The number of benzene rings is 1. The van der Waals surface area contributed by atoms with Crippen molar-refractivity contribution in [3.63, 3.8) is 0 Å². The standard InChI is InChI=1S/C9H9N5O/c10-8-12-9(14-13-8)11-5-6-3-1-2-4-7(6)15/h1-5,15H,(H3,10,12,13,14)/b11-5+. The monoisotopic (exact) mass is 203 g/mol. The van der Waals surface area contributed by atoms with E-state index in [2.05, 4.69) is 20.2 Å². The van der Waals surface area contributed by atoms with Crippen LogP contribution < -0.4 is 5.73 Å². The van der Waals surface area contributed by atoms with E-state index in [1.807, 2.05) is 0 Å². The molecule has 2 rings (SSSR count). The lowest BCUT2D eigenvalue weighted by atomic mass is 10.2. The maximum Gasteiger partial charge on any atom is 0.269 e. The number of aromatic hydroxyl groups is 1. The highest BCUT2D eigenvalue weighted by molar-refractivity contribution is 5.84. The smallest absolute Gasteiger partial charge is 0.269 e. The van der Waals surface area contributed by atoms with E-state index in [0.717, 1.165) is 0 Å². The highest BCUT2D eigenvalue weighted by Gasteiger charge is 1.97. The summed E-state index contributed by atoms with van der Waals surface area (Å²) in [4.78, 5) is 7.73. The fourth-order valence-corrected chi connectivity index (χ4v) is 1.05. The van der Waals surface area contributed by atoms with E-state index in [1.165, 1.54) is 6.21 Å². The van der Waals surface area contributed by atoms with E-state index in [1.54, 1.807) is 24.3 Å². The van der Waals surface area contributed by atoms with Crippen molar-refractivity contribution in [3.05, 3.63) is 29.8 Å². The minimum atomic E-state index is 0.157. The lowest BCUT2D eigenvalue weighted by Crippen LogP contribution is -1.84. The van der Waals surface area contributed by atoms with Crippen LogP contribution >= 0.6 is 0 Å². The fourth-order valence-electron chi connectivity index (χ4n) is 1.05. The minimum absolute atomic E-state index is 0.157. The van der Waals surface area contributed by atoms with Crippen LogP contribution in [0.5, 0.6) is 5.75 Å². The van der Waals surface area contributed by atoms with Crippen molar-refractivity contribution in [3.8, 4) is 5.75 Å². The van der Waals surface area contributed by atoms with Gasteiger partial charge in [0.25, 0.3) is 5.95 Å². The van der Waals surface area contributed by atoms with Gasteiger partial charge in [-0.2, -0.15) is 4.98 Å². The molecule has 2 aromatic rings. The molecule has 0 aliphatic rings. The summed E-state index contributed by atoms with van der Waals surface area (Å²) in [5.74, 6) is 0.597. The number of hydrogen-bond donors (Lipinski definition) is 3. The summed E-state index contributed by atoms with van der Waals surface area (Å²) in [6, 6.07) is 6.84. The van der Waals surface area contributed by atoms with E-state index in [9.17, 15) is 5.11 Å². The van der Waals surface area contributed by atoms with Gasteiger partial charge in [0.1, 0.15) is 5.75 Å². The molecular weight excluding hydrogens is 194 g/mol. The van der Waals surface area contributed by atoms with Gasteiger partial charge in [0.15, 0.2) is 0 Å². The van der Waals surface area contributed by atoms with Crippen LogP contribution in [0.3, 0.4) is 0 Å². The number of nitrogen functional groups attached to an aromatic ring is 1. The van der Waals surface area contributed by atoms with Crippen molar-refractivity contribution < 1.29 is 5.11 Å². The SMILES string of the molecule is Nc1nc(/N=C/c2ccccc2O)n[nH]1. The van der Waals surface area contributed by atoms with Crippen molar-refractivity contribution in [2.24, 2.45) is 4.99 Å². The molecule has 1 aromatic carbocycles. The molecular formula is C9H9N5O. The van der Waals surface area contributed by atoms with Gasteiger partial charge >= 0.3 is 0 Å². The van der Waals surface area contributed by atoms with E-state index in [0.29, 0.717) is 5.56 Å². The number of aromatic nitrogens is 3. The number of aromatic amines is 1. The number of hydrogen-bond acceptors (Lipinski definition) is 5. The van der Waals surface area contributed by atoms with Crippen molar-refractivity contribution in [2.75, 3.05) is 5.73 Å². The highest BCUT2D eigenvalue weighted by Crippen LogP contribution is 2.14. The number of phenols is 1. The predicted molar refractivity (Wildman–Crippen MR) is 56.2 cm³/mol. The second-order valence-corrected chi connectivity index (χ2v) is 2.84. The van der Waals surface area contributed by atoms with Gasteiger partial charge in [-0.05, 0) is 12.1 Å². The van der Waals surface area contributed by atoms with Crippen molar-refractivity contribution in [1.29, 1.82) is 0 Å². The van der Waals surface area contributed by atoms with Gasteiger partial charge in [0.2, 0.25) is 5.95 Å². The van der Waals surface area contributed by atoms with Crippen LogP contribution in [0, 0.1) is 0 Å². The van der Waals surface area contributed by atoms with Gasteiger partial charge in [-0.15, -0.1) is 5.10 Å². The highest BCUT2D eigenvalue weighted by atomic mass is 16.3. The molecule has 0 amide bonds. The van der Waals surface area contributed by atoms with Crippen LogP contribution in [0.4, 0.5) is 11.9 Å². The molecule has 0 aliphatic heterocycles. The van der Waals surface area contributed by atoms with Gasteiger partial charge in [-0.1, -0.05) is 12.1 Å². The number of aliphatic imine (C=N–C) groups is 1. The molecule has 76 valence electrons. The van der Waals surface area contributed by atoms with Crippen LogP contribution in [0.25, 0.3) is 0 Å². The van der Waals surface area contributed by atoms with Crippen molar-refractivity contribution >= 4 is 18.1 Å². The van der Waals surface area contributed by atoms with Crippen LogP contribution in [0.2, 0.25) is 0 Å². The Morgan fingerprint density at radius 1 is 1.40 bits per heavy atom. The lowest BCUT2D eigenvalue weighted by Gasteiger charge is -1.94. The number of phenolic OH excluding ortho intramolecular Hbond substituents is 1. The molecule has 0 fully saturated rings. The first-order valence-electron chi connectivity index (χ1n) is 4.25.